The normalized spacial score (nSPS) is 12.3. The molecule has 1 N–H and O–H groups in total. The Balaban J connectivity index is 2.19. The van der Waals surface area contributed by atoms with E-state index in [0.29, 0.717) is 20.6 Å². The highest BCUT2D eigenvalue weighted by Crippen LogP contribution is 2.29. The monoisotopic (exact) mass is 478 g/mol. The number of amides is 1. The first-order chi connectivity index (χ1) is 13.5. The number of thioether (sulfide) groups is 1. The molecule has 0 fully saturated rings. The van der Waals surface area contributed by atoms with Crippen molar-refractivity contribution in [3.63, 3.8) is 0 Å². The molecule has 1 atom stereocenters. The summed E-state index contributed by atoms with van der Waals surface area (Å²) in [6.07, 6.45) is 1.02. The number of methoxy groups -OCH3 is 1. The number of carbonyl (C=O) groups is 2. The number of carbonyl (C=O) groups excluding carboxylic acids is 2. The van der Waals surface area contributed by atoms with Crippen molar-refractivity contribution in [1.29, 1.82) is 0 Å². The second-order valence-electron chi connectivity index (χ2n) is 5.89. The number of benzene rings is 1. The van der Waals surface area contributed by atoms with E-state index in [4.69, 9.17) is 11.6 Å². The maximum atomic E-state index is 12.7. The lowest BCUT2D eigenvalue weighted by Crippen LogP contribution is -2.45. The molecule has 29 heavy (non-hydrogen) atoms. The Hall–Kier alpha value is -1.89. The van der Waals surface area contributed by atoms with Crippen LogP contribution in [0.1, 0.15) is 12.5 Å². The van der Waals surface area contributed by atoms with E-state index in [1.807, 2.05) is 0 Å². The van der Waals surface area contributed by atoms with Crippen LogP contribution in [-0.2, 0) is 24.3 Å². The molecule has 0 aliphatic heterocycles. The van der Waals surface area contributed by atoms with Crippen LogP contribution in [0.25, 0.3) is 0 Å². The number of halogens is 1. The fourth-order valence-electron chi connectivity index (χ4n) is 2.31. The predicted octanol–water partition coefficient (Wildman–Crippen LogP) is 2.56. The van der Waals surface area contributed by atoms with Crippen LogP contribution in [0.15, 0.2) is 22.5 Å². The van der Waals surface area contributed by atoms with E-state index in [1.165, 1.54) is 20.1 Å². The fraction of sp³-hybridized carbons (Fsp3) is 0.375. The SMILES string of the molecule is COC(=O)CSc1nnc(NC(=O)[C@H](C)N(c2cc(Cl)ccc2C)S(C)(=O)=O)s1. The number of sulfonamides is 1. The molecule has 2 rings (SSSR count). The molecule has 0 saturated carbocycles. The van der Waals surface area contributed by atoms with E-state index in [2.05, 4.69) is 20.3 Å². The van der Waals surface area contributed by atoms with E-state index < -0.39 is 27.9 Å². The van der Waals surface area contributed by atoms with Crippen molar-refractivity contribution in [2.45, 2.75) is 24.2 Å². The number of nitrogens with zero attached hydrogens (tertiary/aromatic N) is 3. The third-order valence-electron chi connectivity index (χ3n) is 3.67. The van der Waals surface area contributed by atoms with Gasteiger partial charge in [-0.2, -0.15) is 0 Å². The molecule has 0 spiro atoms. The Kier molecular flexibility index (Phi) is 7.86. The van der Waals surface area contributed by atoms with Gasteiger partial charge < -0.3 is 4.74 Å². The van der Waals surface area contributed by atoms with Gasteiger partial charge in [0, 0.05) is 5.02 Å². The van der Waals surface area contributed by atoms with Crippen molar-refractivity contribution in [1.82, 2.24) is 10.2 Å². The number of nitrogens with one attached hydrogen (secondary N) is 1. The number of hydrogen-bond acceptors (Lipinski definition) is 9. The van der Waals surface area contributed by atoms with Crippen molar-refractivity contribution >= 4 is 67.4 Å². The molecule has 158 valence electrons. The zero-order valence-corrected chi connectivity index (χ0v) is 19.2. The minimum atomic E-state index is -3.78. The van der Waals surface area contributed by atoms with Gasteiger partial charge in [-0.25, -0.2) is 8.42 Å². The Morgan fingerprint density at radius 2 is 2.07 bits per heavy atom. The lowest BCUT2D eigenvalue weighted by atomic mass is 10.2. The molecule has 0 bridgehead atoms. The molecular formula is C16H19ClN4O5S3. The van der Waals surface area contributed by atoms with Crippen molar-refractivity contribution in [2.24, 2.45) is 0 Å². The molecule has 13 heteroatoms. The summed E-state index contributed by atoms with van der Waals surface area (Å²) >= 11 is 8.20. The summed E-state index contributed by atoms with van der Waals surface area (Å²) in [6, 6.07) is 3.74. The predicted molar refractivity (Wildman–Crippen MR) is 114 cm³/mol. The molecule has 0 radical (unpaired) electrons. The smallest absolute Gasteiger partial charge is 0.316 e. The van der Waals surface area contributed by atoms with Gasteiger partial charge in [-0.3, -0.25) is 19.2 Å². The van der Waals surface area contributed by atoms with Crippen LogP contribution in [0.5, 0.6) is 0 Å². The van der Waals surface area contributed by atoms with Crippen LogP contribution in [0.3, 0.4) is 0 Å². The lowest BCUT2D eigenvalue weighted by Gasteiger charge is -2.29. The van der Waals surface area contributed by atoms with Gasteiger partial charge >= 0.3 is 5.97 Å². The van der Waals surface area contributed by atoms with Gasteiger partial charge in [-0.15, -0.1) is 10.2 Å². The lowest BCUT2D eigenvalue weighted by molar-refractivity contribution is -0.137. The molecule has 2 aromatic rings. The standard InChI is InChI=1S/C16H19ClN4O5S3/c1-9-5-6-11(17)7-12(9)21(29(4,24)25)10(2)14(23)18-15-19-20-16(28-15)27-8-13(22)26-3/h5-7,10H,8H2,1-4H3,(H,18,19,23)/t10-/m0/s1. The molecule has 0 aliphatic rings. The highest BCUT2D eigenvalue weighted by Gasteiger charge is 2.31. The van der Waals surface area contributed by atoms with E-state index in [9.17, 15) is 18.0 Å². The number of rotatable bonds is 8. The molecule has 1 heterocycles. The molecule has 1 amide bonds. The van der Waals surface area contributed by atoms with Crippen LogP contribution >= 0.6 is 34.7 Å². The summed E-state index contributed by atoms with van der Waals surface area (Å²) in [5.74, 6) is -0.939. The van der Waals surface area contributed by atoms with E-state index >= 15 is 0 Å². The van der Waals surface area contributed by atoms with E-state index in [-0.39, 0.29) is 10.9 Å². The van der Waals surface area contributed by atoms with E-state index in [1.54, 1.807) is 19.1 Å². The molecule has 1 aromatic carbocycles. The van der Waals surface area contributed by atoms with Crippen molar-refractivity contribution in [3.05, 3.63) is 28.8 Å². The minimum Gasteiger partial charge on any atom is -0.468 e. The van der Waals surface area contributed by atoms with Gasteiger partial charge in [0.2, 0.25) is 21.1 Å². The van der Waals surface area contributed by atoms with Crippen molar-refractivity contribution in [3.8, 4) is 0 Å². The average Bonchev–Trinajstić information content (AvgIpc) is 3.08. The largest absolute Gasteiger partial charge is 0.468 e. The summed E-state index contributed by atoms with van der Waals surface area (Å²) in [7, 11) is -2.50. The summed E-state index contributed by atoms with van der Waals surface area (Å²) in [4.78, 5) is 23.9. The summed E-state index contributed by atoms with van der Waals surface area (Å²) in [5.41, 5.74) is 0.964. The van der Waals surface area contributed by atoms with Crippen LogP contribution in [-0.4, -0.2) is 55.7 Å². The number of esters is 1. The van der Waals surface area contributed by atoms with Gasteiger partial charge in [0.1, 0.15) is 6.04 Å². The zero-order chi connectivity index (χ0) is 21.8. The van der Waals surface area contributed by atoms with Gasteiger partial charge in [0.25, 0.3) is 0 Å². The fourth-order valence-corrected chi connectivity index (χ4v) is 5.29. The number of hydrogen-bond donors (Lipinski definition) is 1. The Morgan fingerprint density at radius 3 is 2.69 bits per heavy atom. The van der Waals surface area contributed by atoms with E-state index in [0.717, 1.165) is 33.7 Å². The maximum absolute atomic E-state index is 12.7. The summed E-state index contributed by atoms with van der Waals surface area (Å²) < 4.78 is 30.8. The second-order valence-corrected chi connectivity index (χ2v) is 10.4. The number of anilines is 2. The highest BCUT2D eigenvalue weighted by molar-refractivity contribution is 8.01. The first kappa shape index (κ1) is 23.4. The quantitative estimate of drug-likeness (QED) is 0.349. The molecular weight excluding hydrogens is 460 g/mol. The molecule has 0 aliphatic carbocycles. The maximum Gasteiger partial charge on any atom is 0.316 e. The minimum absolute atomic E-state index is 0.0609. The Morgan fingerprint density at radius 1 is 1.38 bits per heavy atom. The molecule has 0 saturated heterocycles. The molecule has 9 nitrogen and oxygen atoms in total. The Labute approximate surface area is 181 Å². The third-order valence-corrected chi connectivity index (χ3v) is 7.08. The van der Waals surface area contributed by atoms with Crippen molar-refractivity contribution in [2.75, 3.05) is 28.7 Å². The number of ether oxygens (including phenoxy) is 1. The second kappa shape index (κ2) is 9.74. The van der Waals surface area contributed by atoms with Gasteiger partial charge in [0.15, 0.2) is 4.34 Å². The topological polar surface area (TPSA) is 119 Å². The van der Waals surface area contributed by atoms with Crippen LogP contribution in [0, 0.1) is 6.92 Å². The van der Waals surface area contributed by atoms with Crippen molar-refractivity contribution < 1.29 is 22.7 Å². The molecule has 0 unspecified atom stereocenters. The van der Waals surface area contributed by atoms with Crippen LogP contribution < -0.4 is 9.62 Å². The van der Waals surface area contributed by atoms with Gasteiger partial charge in [0.05, 0.1) is 24.8 Å². The first-order valence-corrected chi connectivity index (χ1v) is 12.1. The average molecular weight is 479 g/mol. The highest BCUT2D eigenvalue weighted by atomic mass is 35.5. The van der Waals surface area contributed by atoms with Gasteiger partial charge in [-0.1, -0.05) is 40.8 Å². The molecule has 1 aromatic heterocycles. The van der Waals surface area contributed by atoms with Crippen LogP contribution in [0.4, 0.5) is 10.8 Å². The zero-order valence-electron chi connectivity index (χ0n) is 16.0. The third kappa shape index (κ3) is 6.29. The van der Waals surface area contributed by atoms with Gasteiger partial charge in [-0.05, 0) is 31.5 Å². The first-order valence-electron chi connectivity index (χ1n) is 8.12. The van der Waals surface area contributed by atoms with Crippen LogP contribution in [0.2, 0.25) is 5.02 Å². The number of aryl methyl sites for hydroxylation is 1. The summed E-state index contributed by atoms with van der Waals surface area (Å²) in [5, 5.41) is 10.8. The summed E-state index contributed by atoms with van der Waals surface area (Å²) in [6.45, 7) is 3.19. The Bertz CT molecular complexity index is 1010. The number of aromatic nitrogens is 2.